The minimum atomic E-state index is -0.303. The van der Waals surface area contributed by atoms with Gasteiger partial charge in [-0.15, -0.1) is 0 Å². The minimum absolute atomic E-state index is 0.269. The van der Waals surface area contributed by atoms with Gasteiger partial charge in [-0.25, -0.2) is 0 Å². The molecule has 0 aliphatic heterocycles. The fourth-order valence-corrected chi connectivity index (χ4v) is 3.09. The summed E-state index contributed by atoms with van der Waals surface area (Å²) in [7, 11) is 6.04. The van der Waals surface area contributed by atoms with Gasteiger partial charge in [0.25, 0.3) is 0 Å². The molecule has 0 saturated carbocycles. The second kappa shape index (κ2) is 7.59. The van der Waals surface area contributed by atoms with E-state index in [0.29, 0.717) is 50.7 Å². The van der Waals surface area contributed by atoms with E-state index in [1.807, 2.05) is 0 Å². The number of carbonyl (C=O) groups is 1. The number of benzene rings is 2. The average molecular weight is 371 g/mol. The van der Waals surface area contributed by atoms with E-state index in [0.717, 1.165) is 0 Å². The van der Waals surface area contributed by atoms with Gasteiger partial charge >= 0.3 is 0 Å². The third-order valence-corrected chi connectivity index (χ3v) is 4.40. The Hall–Kier alpha value is -3.19. The summed E-state index contributed by atoms with van der Waals surface area (Å²) in [6, 6.07) is 8.51. The van der Waals surface area contributed by atoms with Gasteiger partial charge in [-0.2, -0.15) is 0 Å². The molecule has 2 N–H and O–H groups in total. The van der Waals surface area contributed by atoms with E-state index in [4.69, 9.17) is 18.9 Å². The third-order valence-electron chi connectivity index (χ3n) is 4.40. The molecular formula is C20H21NO6. The van der Waals surface area contributed by atoms with Crippen LogP contribution in [0.15, 0.2) is 30.3 Å². The summed E-state index contributed by atoms with van der Waals surface area (Å²) in [6.07, 6.45) is 0. The molecule has 7 nitrogen and oxygen atoms in total. The second-order valence-electron chi connectivity index (χ2n) is 5.79. The molecule has 0 bridgehead atoms. The number of aliphatic hydroxyl groups is 1. The molecule has 0 aliphatic carbocycles. The molecule has 1 heterocycles. The highest BCUT2D eigenvalue weighted by molar-refractivity contribution is 6.17. The highest BCUT2D eigenvalue weighted by Gasteiger charge is 2.23. The monoisotopic (exact) mass is 371 g/mol. The van der Waals surface area contributed by atoms with Crippen LogP contribution in [0.5, 0.6) is 23.0 Å². The average Bonchev–Trinajstić information content (AvgIpc) is 3.09. The predicted molar refractivity (Wildman–Crippen MR) is 100 cm³/mol. The van der Waals surface area contributed by atoms with Crippen molar-refractivity contribution < 1.29 is 28.8 Å². The number of methoxy groups -OCH3 is 4. The Morgan fingerprint density at radius 1 is 0.963 bits per heavy atom. The van der Waals surface area contributed by atoms with Gasteiger partial charge in [-0.05, 0) is 24.3 Å². The van der Waals surface area contributed by atoms with E-state index in [1.54, 1.807) is 37.4 Å². The largest absolute Gasteiger partial charge is 0.497 e. The number of hydrogen-bond acceptors (Lipinski definition) is 6. The number of fused-ring (bicyclic) bond motifs is 1. The van der Waals surface area contributed by atoms with E-state index >= 15 is 0 Å². The predicted octanol–water partition coefficient (Wildman–Crippen LogP) is 2.93. The summed E-state index contributed by atoms with van der Waals surface area (Å²) in [4.78, 5) is 16.4. The maximum atomic E-state index is 13.3. The molecule has 0 aliphatic rings. The summed E-state index contributed by atoms with van der Waals surface area (Å²) in [6.45, 7) is -0.303. The summed E-state index contributed by atoms with van der Waals surface area (Å²) in [5.41, 5.74) is 1.88. The lowest BCUT2D eigenvalue weighted by molar-refractivity contribution is 0.103. The Bertz CT molecular complexity index is 967. The molecule has 0 radical (unpaired) electrons. The van der Waals surface area contributed by atoms with Crippen LogP contribution >= 0.6 is 0 Å². The Kier molecular flexibility index (Phi) is 5.23. The van der Waals surface area contributed by atoms with Crippen LogP contribution in [0.3, 0.4) is 0 Å². The summed E-state index contributed by atoms with van der Waals surface area (Å²) in [5.74, 6) is 1.55. The zero-order valence-corrected chi connectivity index (χ0v) is 15.6. The number of nitrogens with one attached hydrogen (secondary N) is 1. The number of ketones is 1. The van der Waals surface area contributed by atoms with E-state index < -0.39 is 0 Å². The van der Waals surface area contributed by atoms with Crippen LogP contribution in [0, 0.1) is 0 Å². The van der Waals surface area contributed by atoms with E-state index in [2.05, 4.69) is 4.98 Å². The lowest BCUT2D eigenvalue weighted by atomic mass is 9.99. The Balaban J connectivity index is 2.18. The molecule has 3 rings (SSSR count). The first-order valence-electron chi connectivity index (χ1n) is 8.22. The quantitative estimate of drug-likeness (QED) is 0.621. The van der Waals surface area contributed by atoms with Crippen LogP contribution in [0.2, 0.25) is 0 Å². The number of aromatic amines is 1. The van der Waals surface area contributed by atoms with Crippen LogP contribution in [0.1, 0.15) is 21.6 Å². The standard InChI is InChI=1S/C20H21NO6/c1-24-12-5-6-13-14(9-12)21-15(10-22)18(13)19(23)11-7-16(25-2)20(27-4)17(8-11)26-3/h5-9,21-22H,10H2,1-4H3. The number of aliphatic hydroxyl groups excluding tert-OH is 1. The zero-order valence-electron chi connectivity index (χ0n) is 15.6. The van der Waals surface area contributed by atoms with Crippen molar-refractivity contribution in [2.45, 2.75) is 6.61 Å². The molecule has 27 heavy (non-hydrogen) atoms. The van der Waals surface area contributed by atoms with Crippen LogP contribution in [0.4, 0.5) is 0 Å². The van der Waals surface area contributed by atoms with Crippen molar-refractivity contribution in [3.8, 4) is 23.0 Å². The van der Waals surface area contributed by atoms with Crippen molar-refractivity contribution in [2.24, 2.45) is 0 Å². The van der Waals surface area contributed by atoms with Gasteiger partial charge in [0.15, 0.2) is 17.3 Å². The van der Waals surface area contributed by atoms with Gasteiger partial charge < -0.3 is 29.0 Å². The molecule has 0 fully saturated rings. The van der Waals surface area contributed by atoms with E-state index in [9.17, 15) is 9.90 Å². The Morgan fingerprint density at radius 2 is 1.63 bits per heavy atom. The van der Waals surface area contributed by atoms with Gasteiger partial charge in [0.2, 0.25) is 5.75 Å². The van der Waals surface area contributed by atoms with Gasteiger partial charge in [-0.1, -0.05) is 0 Å². The van der Waals surface area contributed by atoms with Gasteiger partial charge in [0.05, 0.1) is 51.8 Å². The smallest absolute Gasteiger partial charge is 0.203 e. The number of hydrogen-bond donors (Lipinski definition) is 2. The highest BCUT2D eigenvalue weighted by Crippen LogP contribution is 2.39. The lowest BCUT2D eigenvalue weighted by Gasteiger charge is -2.14. The van der Waals surface area contributed by atoms with Crippen molar-refractivity contribution in [1.29, 1.82) is 0 Å². The summed E-state index contributed by atoms with van der Waals surface area (Å²) < 4.78 is 21.2. The molecule has 0 atom stereocenters. The first-order valence-corrected chi connectivity index (χ1v) is 8.22. The number of ether oxygens (including phenoxy) is 4. The van der Waals surface area contributed by atoms with Crippen molar-refractivity contribution in [1.82, 2.24) is 4.98 Å². The summed E-state index contributed by atoms with van der Waals surface area (Å²) >= 11 is 0. The fourth-order valence-electron chi connectivity index (χ4n) is 3.09. The number of rotatable bonds is 7. The van der Waals surface area contributed by atoms with E-state index in [-0.39, 0.29) is 12.4 Å². The number of carbonyl (C=O) groups excluding carboxylic acids is 1. The van der Waals surface area contributed by atoms with Crippen molar-refractivity contribution in [3.63, 3.8) is 0 Å². The maximum Gasteiger partial charge on any atom is 0.203 e. The molecule has 1 aromatic heterocycles. The molecule has 0 amide bonds. The van der Waals surface area contributed by atoms with Crippen LogP contribution in [0.25, 0.3) is 10.9 Å². The number of aromatic nitrogens is 1. The Labute approximate surface area is 156 Å². The molecule has 0 spiro atoms. The lowest BCUT2D eigenvalue weighted by Crippen LogP contribution is -2.06. The first-order chi connectivity index (χ1) is 13.1. The van der Waals surface area contributed by atoms with Crippen LogP contribution in [-0.4, -0.2) is 44.3 Å². The maximum absolute atomic E-state index is 13.3. The first kappa shape index (κ1) is 18.6. The SMILES string of the molecule is COc1ccc2c(C(=O)c3cc(OC)c(OC)c(OC)c3)c(CO)[nH]c2c1. The van der Waals surface area contributed by atoms with Crippen molar-refractivity contribution in [2.75, 3.05) is 28.4 Å². The van der Waals surface area contributed by atoms with E-state index in [1.165, 1.54) is 21.3 Å². The fraction of sp³-hybridized carbons (Fsp3) is 0.250. The van der Waals surface area contributed by atoms with Gasteiger partial charge in [-0.3, -0.25) is 4.79 Å². The molecule has 0 unspecified atom stereocenters. The molecule has 0 saturated heterocycles. The van der Waals surface area contributed by atoms with Crippen LogP contribution < -0.4 is 18.9 Å². The molecular weight excluding hydrogens is 350 g/mol. The zero-order chi connectivity index (χ0) is 19.6. The molecule has 7 heteroatoms. The second-order valence-corrected chi connectivity index (χ2v) is 5.79. The summed E-state index contributed by atoms with van der Waals surface area (Å²) in [5, 5.41) is 10.4. The van der Waals surface area contributed by atoms with Gasteiger partial charge in [0, 0.05) is 17.0 Å². The highest BCUT2D eigenvalue weighted by atomic mass is 16.5. The van der Waals surface area contributed by atoms with Crippen LogP contribution in [-0.2, 0) is 6.61 Å². The van der Waals surface area contributed by atoms with Gasteiger partial charge in [0.1, 0.15) is 5.75 Å². The minimum Gasteiger partial charge on any atom is -0.497 e. The van der Waals surface area contributed by atoms with Crippen molar-refractivity contribution >= 4 is 16.7 Å². The number of H-pyrrole nitrogens is 1. The Morgan fingerprint density at radius 3 is 2.15 bits per heavy atom. The third kappa shape index (κ3) is 3.17. The molecule has 142 valence electrons. The molecule has 3 aromatic rings. The topological polar surface area (TPSA) is 90.0 Å². The van der Waals surface area contributed by atoms with Crippen molar-refractivity contribution in [3.05, 3.63) is 47.2 Å². The molecule has 2 aromatic carbocycles. The normalized spacial score (nSPS) is 10.7.